The number of aliphatic carboxylic acids is 1. The minimum absolute atomic E-state index is 0.272. The predicted molar refractivity (Wildman–Crippen MR) is 71.0 cm³/mol. The first kappa shape index (κ1) is 15.9. The van der Waals surface area contributed by atoms with Gasteiger partial charge in [-0.05, 0) is 44.5 Å². The zero-order valence-corrected chi connectivity index (χ0v) is 11.6. The summed E-state index contributed by atoms with van der Waals surface area (Å²) < 4.78 is 18.3. The van der Waals surface area contributed by atoms with E-state index in [0.717, 1.165) is 0 Å². The largest absolute Gasteiger partial charge is 0.480 e. The second-order valence-corrected chi connectivity index (χ2v) is 4.84. The molecule has 20 heavy (non-hydrogen) atoms. The topological polar surface area (TPSA) is 75.6 Å². The smallest absolute Gasteiger partial charge is 0.326 e. The number of carbonyl (C=O) groups excluding carboxylic acids is 1. The van der Waals surface area contributed by atoms with E-state index in [2.05, 4.69) is 5.32 Å². The molecule has 0 spiro atoms. The van der Waals surface area contributed by atoms with Crippen molar-refractivity contribution in [2.45, 2.75) is 38.8 Å². The lowest BCUT2D eigenvalue weighted by molar-refractivity contribution is -0.145. The Kier molecular flexibility index (Phi) is 5.07. The lowest BCUT2D eigenvalue weighted by atomic mass is 10.1. The molecule has 1 aromatic rings. The van der Waals surface area contributed by atoms with Crippen molar-refractivity contribution in [2.24, 2.45) is 0 Å². The minimum Gasteiger partial charge on any atom is -0.480 e. The second kappa shape index (κ2) is 6.36. The van der Waals surface area contributed by atoms with E-state index in [-0.39, 0.29) is 6.42 Å². The first-order chi connectivity index (χ1) is 9.26. The summed E-state index contributed by atoms with van der Waals surface area (Å²) in [6, 6.07) is 4.28. The average molecular weight is 283 g/mol. The van der Waals surface area contributed by atoms with Crippen molar-refractivity contribution in [2.75, 3.05) is 0 Å². The normalized spacial score (nSPS) is 12.6. The van der Waals surface area contributed by atoms with Gasteiger partial charge in [0.2, 0.25) is 0 Å². The van der Waals surface area contributed by atoms with E-state index in [1.165, 1.54) is 38.1 Å². The maximum atomic E-state index is 12.8. The lowest BCUT2D eigenvalue weighted by Crippen LogP contribution is -2.52. The van der Waals surface area contributed by atoms with Gasteiger partial charge in [-0.1, -0.05) is 6.92 Å². The number of nitrogens with one attached hydrogen (secondary N) is 1. The number of hydrogen-bond acceptors (Lipinski definition) is 3. The van der Waals surface area contributed by atoms with Gasteiger partial charge in [0.25, 0.3) is 5.91 Å². The quantitative estimate of drug-likeness (QED) is 0.837. The molecule has 110 valence electrons. The van der Waals surface area contributed by atoms with Crippen LogP contribution in [0.2, 0.25) is 0 Å². The number of carboxylic acids is 1. The number of carbonyl (C=O) groups is 2. The number of ether oxygens (including phenoxy) is 1. The van der Waals surface area contributed by atoms with Crippen LogP contribution in [0.25, 0.3) is 0 Å². The standard InChI is InChI=1S/C14H18FNO4/c1-4-11(12(17)18)16-13(19)14(2,3)20-10-7-5-9(15)6-8-10/h5-8,11H,4H2,1-3H3,(H,16,19)(H,17,18)/t11-/m1/s1. The third kappa shape index (κ3) is 4.22. The molecule has 2 N–H and O–H groups in total. The molecule has 1 atom stereocenters. The van der Waals surface area contributed by atoms with Crippen LogP contribution in [0.4, 0.5) is 4.39 Å². The van der Waals surface area contributed by atoms with Gasteiger partial charge in [0, 0.05) is 0 Å². The van der Waals surface area contributed by atoms with Gasteiger partial charge in [0.05, 0.1) is 0 Å². The summed E-state index contributed by atoms with van der Waals surface area (Å²) in [5, 5.41) is 11.3. The Morgan fingerprint density at radius 3 is 2.35 bits per heavy atom. The number of benzene rings is 1. The van der Waals surface area contributed by atoms with Gasteiger partial charge in [-0.15, -0.1) is 0 Å². The molecule has 6 heteroatoms. The molecule has 5 nitrogen and oxygen atoms in total. The van der Waals surface area contributed by atoms with Crippen LogP contribution in [-0.2, 0) is 9.59 Å². The van der Waals surface area contributed by atoms with Crippen molar-refractivity contribution >= 4 is 11.9 Å². The molecule has 0 bridgehead atoms. The molecule has 0 saturated heterocycles. The average Bonchev–Trinajstić information content (AvgIpc) is 2.37. The number of hydrogen-bond donors (Lipinski definition) is 2. The Balaban J connectivity index is 2.74. The van der Waals surface area contributed by atoms with Crippen LogP contribution in [0.15, 0.2) is 24.3 Å². The molecular formula is C14H18FNO4. The number of rotatable bonds is 6. The summed E-state index contributed by atoms with van der Waals surface area (Å²) in [5.41, 5.74) is -1.26. The van der Waals surface area contributed by atoms with Crippen LogP contribution in [0.1, 0.15) is 27.2 Å². The van der Waals surface area contributed by atoms with Crippen LogP contribution in [0, 0.1) is 5.82 Å². The summed E-state index contributed by atoms with van der Waals surface area (Å²) in [5.74, 6) is -1.72. The highest BCUT2D eigenvalue weighted by Gasteiger charge is 2.32. The molecule has 0 aliphatic carbocycles. The van der Waals surface area contributed by atoms with E-state index in [4.69, 9.17) is 9.84 Å². The van der Waals surface area contributed by atoms with Crippen LogP contribution >= 0.6 is 0 Å². The maximum absolute atomic E-state index is 12.8. The molecule has 0 fully saturated rings. The van der Waals surface area contributed by atoms with Gasteiger partial charge in [-0.3, -0.25) is 4.79 Å². The molecule has 1 aromatic carbocycles. The van der Waals surface area contributed by atoms with E-state index in [0.29, 0.717) is 5.75 Å². The fourth-order valence-corrected chi connectivity index (χ4v) is 1.51. The van der Waals surface area contributed by atoms with Crippen molar-refractivity contribution < 1.29 is 23.8 Å². The zero-order chi connectivity index (χ0) is 15.3. The van der Waals surface area contributed by atoms with E-state index in [9.17, 15) is 14.0 Å². The highest BCUT2D eigenvalue weighted by atomic mass is 19.1. The van der Waals surface area contributed by atoms with Gasteiger partial charge in [-0.25, -0.2) is 9.18 Å². The van der Waals surface area contributed by atoms with Gasteiger partial charge in [-0.2, -0.15) is 0 Å². The molecule has 0 unspecified atom stereocenters. The molecule has 0 heterocycles. The van der Waals surface area contributed by atoms with Crippen molar-refractivity contribution in [1.82, 2.24) is 5.32 Å². The molecular weight excluding hydrogens is 265 g/mol. The van der Waals surface area contributed by atoms with Gasteiger partial charge >= 0.3 is 5.97 Å². The van der Waals surface area contributed by atoms with Gasteiger partial charge in [0.15, 0.2) is 5.60 Å². The van der Waals surface area contributed by atoms with E-state index < -0.39 is 29.3 Å². The Bertz CT molecular complexity index is 484. The number of halogens is 1. The summed E-state index contributed by atoms with van der Waals surface area (Å²) in [6.45, 7) is 4.69. The third-order valence-corrected chi connectivity index (χ3v) is 2.75. The molecule has 0 aliphatic heterocycles. The monoisotopic (exact) mass is 283 g/mol. The van der Waals surface area contributed by atoms with Gasteiger partial charge in [0.1, 0.15) is 17.6 Å². The second-order valence-electron chi connectivity index (χ2n) is 4.84. The third-order valence-electron chi connectivity index (χ3n) is 2.75. The minimum atomic E-state index is -1.26. The number of carboxylic acid groups (broad SMARTS) is 1. The lowest BCUT2D eigenvalue weighted by Gasteiger charge is -2.26. The summed E-state index contributed by atoms with van der Waals surface area (Å²) in [6.07, 6.45) is 0.272. The molecule has 1 rings (SSSR count). The van der Waals surface area contributed by atoms with Crippen LogP contribution in [0.5, 0.6) is 5.75 Å². The molecule has 1 amide bonds. The fourth-order valence-electron chi connectivity index (χ4n) is 1.51. The SMILES string of the molecule is CC[C@@H](NC(=O)C(C)(C)Oc1ccc(F)cc1)C(=O)O. The highest BCUT2D eigenvalue weighted by Crippen LogP contribution is 2.19. The van der Waals surface area contributed by atoms with E-state index >= 15 is 0 Å². The van der Waals surface area contributed by atoms with Crippen molar-refractivity contribution in [3.05, 3.63) is 30.1 Å². The Morgan fingerprint density at radius 2 is 1.90 bits per heavy atom. The summed E-state index contributed by atoms with van der Waals surface area (Å²) >= 11 is 0. The number of amides is 1. The van der Waals surface area contributed by atoms with E-state index in [1.807, 2.05) is 0 Å². The van der Waals surface area contributed by atoms with Crippen LogP contribution in [0.3, 0.4) is 0 Å². The highest BCUT2D eigenvalue weighted by molar-refractivity contribution is 5.88. The molecule has 0 saturated carbocycles. The van der Waals surface area contributed by atoms with Gasteiger partial charge < -0.3 is 15.2 Å². The Hall–Kier alpha value is -2.11. The van der Waals surface area contributed by atoms with Crippen LogP contribution < -0.4 is 10.1 Å². The molecule has 0 aliphatic rings. The Labute approximate surface area is 116 Å². The van der Waals surface area contributed by atoms with Crippen molar-refractivity contribution in [1.29, 1.82) is 0 Å². The molecule has 0 radical (unpaired) electrons. The Morgan fingerprint density at radius 1 is 1.35 bits per heavy atom. The zero-order valence-electron chi connectivity index (χ0n) is 11.6. The van der Waals surface area contributed by atoms with Crippen LogP contribution in [-0.4, -0.2) is 28.6 Å². The maximum Gasteiger partial charge on any atom is 0.326 e. The van der Waals surface area contributed by atoms with E-state index in [1.54, 1.807) is 6.92 Å². The predicted octanol–water partition coefficient (Wildman–Crippen LogP) is 1.96. The van der Waals surface area contributed by atoms with Crippen molar-refractivity contribution in [3.63, 3.8) is 0 Å². The molecule has 0 aromatic heterocycles. The first-order valence-corrected chi connectivity index (χ1v) is 6.24. The summed E-state index contributed by atoms with van der Waals surface area (Å²) in [7, 11) is 0. The summed E-state index contributed by atoms with van der Waals surface area (Å²) in [4.78, 5) is 22.9. The fraction of sp³-hybridized carbons (Fsp3) is 0.429. The van der Waals surface area contributed by atoms with Crippen molar-refractivity contribution in [3.8, 4) is 5.75 Å². The first-order valence-electron chi connectivity index (χ1n) is 6.24.